The molecule has 0 unspecified atom stereocenters. The number of carbonyl (C=O) groups is 1. The number of methoxy groups -OCH3 is 1. The Hall–Kier alpha value is -1.40. The lowest BCUT2D eigenvalue weighted by atomic mass is 10.3. The average Bonchev–Trinajstić information content (AvgIpc) is 2.66. The molecule has 84 valence electrons. The van der Waals surface area contributed by atoms with Crippen LogP contribution in [0.5, 0.6) is 0 Å². The third kappa shape index (κ3) is 3.03. The topological polar surface area (TPSA) is 75.8 Å². The molecule has 6 nitrogen and oxygen atoms in total. The number of aliphatic hydroxyl groups is 1. The molecule has 1 aromatic heterocycles. The number of ether oxygens (including phenoxy) is 1. The summed E-state index contributed by atoms with van der Waals surface area (Å²) in [6.07, 6.45) is 0. The van der Waals surface area contributed by atoms with Crippen molar-refractivity contribution in [2.45, 2.75) is 6.61 Å². The quantitative estimate of drug-likeness (QED) is 0.739. The van der Waals surface area contributed by atoms with Crippen LogP contribution in [0.3, 0.4) is 0 Å². The molecule has 0 spiro atoms. The Kier molecular flexibility index (Phi) is 4.26. The summed E-state index contributed by atoms with van der Waals surface area (Å²) in [7, 11) is 3.12. The zero-order chi connectivity index (χ0) is 11.3. The van der Waals surface area contributed by atoms with Crippen molar-refractivity contribution in [1.29, 1.82) is 0 Å². The summed E-state index contributed by atoms with van der Waals surface area (Å²) in [6, 6.07) is 1.53. The molecule has 15 heavy (non-hydrogen) atoms. The van der Waals surface area contributed by atoms with Crippen molar-refractivity contribution in [2.24, 2.45) is 0 Å². The van der Waals surface area contributed by atoms with Gasteiger partial charge in [0, 0.05) is 26.8 Å². The first-order valence-corrected chi connectivity index (χ1v) is 4.50. The zero-order valence-corrected chi connectivity index (χ0v) is 8.77. The van der Waals surface area contributed by atoms with Gasteiger partial charge in [0.25, 0.3) is 5.91 Å². The van der Waals surface area contributed by atoms with Gasteiger partial charge in [-0.15, -0.1) is 0 Å². The monoisotopic (exact) mass is 214 g/mol. The largest absolute Gasteiger partial charge is 0.395 e. The average molecular weight is 214 g/mol. The summed E-state index contributed by atoms with van der Waals surface area (Å²) in [5.74, 6) is 0.216. The molecule has 1 heterocycles. The Labute approximate surface area is 87.4 Å². The van der Waals surface area contributed by atoms with Gasteiger partial charge in [0.05, 0.1) is 6.61 Å². The van der Waals surface area contributed by atoms with Crippen LogP contribution in [0, 0.1) is 0 Å². The maximum atomic E-state index is 11.6. The lowest BCUT2D eigenvalue weighted by Crippen LogP contribution is -2.29. The minimum Gasteiger partial charge on any atom is -0.395 e. The highest BCUT2D eigenvalue weighted by Crippen LogP contribution is 2.06. The number of hydrogen-bond donors (Lipinski definition) is 1. The number of amides is 1. The van der Waals surface area contributed by atoms with Crippen molar-refractivity contribution >= 4 is 5.91 Å². The number of carbonyl (C=O) groups excluding carboxylic acids is 1. The van der Waals surface area contributed by atoms with Gasteiger partial charge in [0.2, 0.25) is 0 Å². The van der Waals surface area contributed by atoms with E-state index in [4.69, 9.17) is 14.4 Å². The molecule has 0 aliphatic rings. The van der Waals surface area contributed by atoms with Gasteiger partial charge in [-0.25, -0.2) is 0 Å². The molecule has 0 saturated carbocycles. The van der Waals surface area contributed by atoms with Crippen LogP contribution in [0.15, 0.2) is 10.6 Å². The summed E-state index contributed by atoms with van der Waals surface area (Å²) >= 11 is 0. The molecule has 1 amide bonds. The standard InChI is InChI=1S/C9H14N2O4/c1-11(3-4-12)9(13)8-5-7(6-14-2)15-10-8/h5,12H,3-4,6H2,1-2H3. The Morgan fingerprint density at radius 1 is 1.73 bits per heavy atom. The molecule has 0 aromatic carbocycles. The van der Waals surface area contributed by atoms with Crippen LogP contribution >= 0.6 is 0 Å². The molecule has 1 N–H and O–H groups in total. The molecular weight excluding hydrogens is 200 g/mol. The third-order valence-corrected chi connectivity index (χ3v) is 1.85. The second-order valence-electron chi connectivity index (χ2n) is 3.06. The van der Waals surface area contributed by atoms with Crippen molar-refractivity contribution in [3.05, 3.63) is 17.5 Å². The third-order valence-electron chi connectivity index (χ3n) is 1.85. The SMILES string of the molecule is COCc1cc(C(=O)N(C)CCO)no1. The fourth-order valence-electron chi connectivity index (χ4n) is 1.07. The van der Waals surface area contributed by atoms with Crippen LogP contribution in [0.1, 0.15) is 16.2 Å². The van der Waals surface area contributed by atoms with Gasteiger partial charge < -0.3 is 19.3 Å². The highest BCUT2D eigenvalue weighted by Gasteiger charge is 2.16. The molecule has 0 aliphatic carbocycles. The van der Waals surface area contributed by atoms with Gasteiger partial charge in [-0.1, -0.05) is 5.16 Å². The Morgan fingerprint density at radius 2 is 2.47 bits per heavy atom. The van der Waals surface area contributed by atoms with Crippen LogP contribution in [0.4, 0.5) is 0 Å². The number of likely N-dealkylation sites (N-methyl/N-ethyl adjacent to an activating group) is 1. The van der Waals surface area contributed by atoms with Gasteiger partial charge >= 0.3 is 0 Å². The van der Waals surface area contributed by atoms with Gasteiger partial charge in [-0.3, -0.25) is 4.79 Å². The van der Waals surface area contributed by atoms with E-state index in [-0.39, 0.29) is 31.4 Å². The predicted octanol–water partition coefficient (Wildman–Crippen LogP) is -0.115. The van der Waals surface area contributed by atoms with Crippen molar-refractivity contribution in [1.82, 2.24) is 10.1 Å². The molecule has 0 saturated heterocycles. The molecule has 0 aliphatic heterocycles. The molecule has 6 heteroatoms. The molecule has 0 fully saturated rings. The zero-order valence-electron chi connectivity index (χ0n) is 8.77. The van der Waals surface area contributed by atoms with Crippen molar-refractivity contribution in [2.75, 3.05) is 27.3 Å². The minimum atomic E-state index is -0.282. The molecule has 0 atom stereocenters. The van der Waals surface area contributed by atoms with E-state index in [2.05, 4.69) is 5.16 Å². The van der Waals surface area contributed by atoms with Crippen LogP contribution in [-0.2, 0) is 11.3 Å². The molecule has 1 aromatic rings. The molecule has 0 radical (unpaired) electrons. The van der Waals surface area contributed by atoms with E-state index in [0.29, 0.717) is 5.76 Å². The maximum Gasteiger partial charge on any atom is 0.275 e. The van der Waals surface area contributed by atoms with Gasteiger partial charge in [-0.2, -0.15) is 0 Å². The summed E-state index contributed by atoms with van der Waals surface area (Å²) in [6.45, 7) is 0.473. The van der Waals surface area contributed by atoms with Crippen molar-refractivity contribution in [3.8, 4) is 0 Å². The van der Waals surface area contributed by atoms with Crippen LogP contribution in [-0.4, -0.2) is 48.4 Å². The van der Waals surface area contributed by atoms with E-state index < -0.39 is 0 Å². The molecule has 1 rings (SSSR count). The first-order valence-electron chi connectivity index (χ1n) is 4.50. The second-order valence-corrected chi connectivity index (χ2v) is 3.06. The lowest BCUT2D eigenvalue weighted by Gasteiger charge is -2.12. The highest BCUT2D eigenvalue weighted by molar-refractivity contribution is 5.92. The Bertz CT molecular complexity index is 324. The number of nitrogens with zero attached hydrogens (tertiary/aromatic N) is 2. The second kappa shape index (κ2) is 5.47. The summed E-state index contributed by atoms with van der Waals surface area (Å²) < 4.78 is 9.70. The van der Waals surface area contributed by atoms with Gasteiger partial charge in [0.1, 0.15) is 6.61 Å². The van der Waals surface area contributed by atoms with E-state index in [1.54, 1.807) is 7.05 Å². The van der Waals surface area contributed by atoms with Crippen molar-refractivity contribution in [3.63, 3.8) is 0 Å². The number of aromatic nitrogens is 1. The lowest BCUT2D eigenvalue weighted by molar-refractivity contribution is 0.0756. The van der Waals surface area contributed by atoms with Crippen LogP contribution in [0.25, 0.3) is 0 Å². The van der Waals surface area contributed by atoms with E-state index >= 15 is 0 Å². The Balaban J connectivity index is 2.65. The van der Waals surface area contributed by atoms with Gasteiger partial charge in [0.15, 0.2) is 11.5 Å². The fourth-order valence-corrected chi connectivity index (χ4v) is 1.07. The first-order chi connectivity index (χ1) is 7.19. The number of rotatable bonds is 5. The fraction of sp³-hybridized carbons (Fsp3) is 0.556. The predicted molar refractivity (Wildman–Crippen MR) is 51.3 cm³/mol. The summed E-state index contributed by atoms with van der Waals surface area (Å²) in [4.78, 5) is 13.0. The number of aliphatic hydroxyl groups excluding tert-OH is 1. The maximum absolute atomic E-state index is 11.6. The van der Waals surface area contributed by atoms with Crippen LogP contribution in [0.2, 0.25) is 0 Å². The first kappa shape index (κ1) is 11.7. The van der Waals surface area contributed by atoms with Crippen LogP contribution < -0.4 is 0 Å². The Morgan fingerprint density at radius 3 is 3.07 bits per heavy atom. The van der Waals surface area contributed by atoms with Gasteiger partial charge in [-0.05, 0) is 0 Å². The van der Waals surface area contributed by atoms with E-state index in [1.165, 1.54) is 18.1 Å². The van der Waals surface area contributed by atoms with E-state index in [9.17, 15) is 4.79 Å². The smallest absolute Gasteiger partial charge is 0.275 e. The van der Waals surface area contributed by atoms with E-state index in [0.717, 1.165) is 0 Å². The van der Waals surface area contributed by atoms with E-state index in [1.807, 2.05) is 0 Å². The normalized spacial score (nSPS) is 10.3. The molecule has 0 bridgehead atoms. The molecular formula is C9H14N2O4. The highest BCUT2D eigenvalue weighted by atomic mass is 16.5. The minimum absolute atomic E-state index is 0.0784. The summed E-state index contributed by atoms with van der Waals surface area (Å²) in [5.41, 5.74) is 0.220. The number of hydrogen-bond acceptors (Lipinski definition) is 5. The summed E-state index contributed by atoms with van der Waals surface area (Å²) in [5, 5.41) is 12.3. The van der Waals surface area contributed by atoms with Crippen molar-refractivity contribution < 1.29 is 19.2 Å².